The van der Waals surface area contributed by atoms with E-state index in [-0.39, 0.29) is 6.03 Å². The minimum absolute atomic E-state index is 0.212. The van der Waals surface area contributed by atoms with E-state index in [4.69, 9.17) is 16.0 Å². The summed E-state index contributed by atoms with van der Waals surface area (Å²) >= 11 is 6.64. The predicted octanol–water partition coefficient (Wildman–Crippen LogP) is 4.88. The summed E-state index contributed by atoms with van der Waals surface area (Å²) in [7, 11) is 3.93. The van der Waals surface area contributed by atoms with Crippen molar-refractivity contribution >= 4 is 40.2 Å². The second kappa shape index (κ2) is 11.0. The van der Waals surface area contributed by atoms with E-state index >= 15 is 0 Å². The molecule has 2 heterocycles. The zero-order valence-electron chi connectivity index (χ0n) is 19.1. The van der Waals surface area contributed by atoms with Crippen molar-refractivity contribution < 1.29 is 9.21 Å². The Labute approximate surface area is 203 Å². The van der Waals surface area contributed by atoms with Crippen molar-refractivity contribution in [1.29, 1.82) is 0 Å². The first-order valence-corrected chi connectivity index (χ1v) is 11.4. The van der Waals surface area contributed by atoms with Crippen molar-refractivity contribution in [3.05, 3.63) is 71.5 Å². The number of nitrogens with zero attached hydrogens (tertiary/aromatic N) is 3. The van der Waals surface area contributed by atoms with Crippen molar-refractivity contribution in [2.24, 2.45) is 0 Å². The van der Waals surface area contributed by atoms with E-state index in [2.05, 4.69) is 25.9 Å². The zero-order valence-corrected chi connectivity index (χ0v) is 19.9. The fourth-order valence-corrected chi connectivity index (χ4v) is 3.78. The molecule has 8 nitrogen and oxygen atoms in total. The number of rotatable bonds is 9. The maximum Gasteiger partial charge on any atom is 0.319 e. The summed E-state index contributed by atoms with van der Waals surface area (Å²) in [4.78, 5) is 22.6. The number of hydrogen-bond acceptors (Lipinski definition) is 6. The molecule has 0 fully saturated rings. The number of urea groups is 1. The number of likely N-dealkylation sites (N-methyl/N-ethyl adjacent to an activating group) is 1. The van der Waals surface area contributed by atoms with Crippen LogP contribution in [-0.4, -0.2) is 54.6 Å². The van der Waals surface area contributed by atoms with Gasteiger partial charge in [0.2, 0.25) is 5.71 Å². The number of aromatic nitrogens is 2. The number of nitrogens with one attached hydrogen (secondary N) is 3. The average molecular weight is 479 g/mol. The molecule has 3 N–H and O–H groups in total. The molecule has 0 aliphatic carbocycles. The van der Waals surface area contributed by atoms with Gasteiger partial charge in [0.05, 0.1) is 0 Å². The molecule has 0 aliphatic heterocycles. The highest BCUT2D eigenvalue weighted by molar-refractivity contribution is 6.38. The number of furan rings is 1. The summed E-state index contributed by atoms with van der Waals surface area (Å²) in [5, 5.41) is 10.2. The first-order valence-electron chi connectivity index (χ1n) is 11.0. The van der Waals surface area contributed by atoms with Crippen molar-refractivity contribution in [3.8, 4) is 11.3 Å². The number of benzene rings is 2. The molecule has 0 radical (unpaired) electrons. The molecular weight excluding hydrogens is 452 g/mol. The van der Waals surface area contributed by atoms with Gasteiger partial charge in [0.1, 0.15) is 22.6 Å². The number of carbonyl (C=O) groups excluding carboxylic acids is 1. The molecule has 0 spiro atoms. The fraction of sp³-hybridized carbons (Fsp3) is 0.240. The highest BCUT2D eigenvalue weighted by Gasteiger charge is 2.18. The van der Waals surface area contributed by atoms with Crippen LogP contribution in [0.4, 0.5) is 16.3 Å². The molecule has 0 atom stereocenters. The number of fused-ring (bicyclic) bond motifs is 1. The molecule has 9 heteroatoms. The molecule has 176 valence electrons. The van der Waals surface area contributed by atoms with Crippen LogP contribution >= 0.6 is 11.6 Å². The smallest absolute Gasteiger partial charge is 0.319 e. The Morgan fingerprint density at radius 1 is 1.03 bits per heavy atom. The number of amides is 2. The third-order valence-corrected chi connectivity index (χ3v) is 5.59. The second-order valence-electron chi connectivity index (χ2n) is 8.07. The van der Waals surface area contributed by atoms with E-state index < -0.39 is 0 Å². The highest BCUT2D eigenvalue weighted by atomic mass is 35.5. The Kier molecular flexibility index (Phi) is 7.61. The van der Waals surface area contributed by atoms with Crippen LogP contribution in [0.25, 0.3) is 22.4 Å². The molecule has 4 aromatic rings. The molecule has 2 amide bonds. The van der Waals surface area contributed by atoms with Crippen LogP contribution in [0.15, 0.2) is 65.3 Å². The Hall–Kier alpha value is -3.62. The first kappa shape index (κ1) is 23.5. The third kappa shape index (κ3) is 5.84. The minimum Gasteiger partial charge on any atom is -0.436 e. The van der Waals surface area contributed by atoms with Gasteiger partial charge in [-0.25, -0.2) is 14.8 Å². The quantitative estimate of drug-likeness (QED) is 0.317. The molecule has 2 aromatic carbocycles. The van der Waals surface area contributed by atoms with Gasteiger partial charge in [0, 0.05) is 30.9 Å². The van der Waals surface area contributed by atoms with E-state index in [0.717, 1.165) is 29.8 Å². The van der Waals surface area contributed by atoms with E-state index in [9.17, 15) is 4.79 Å². The highest BCUT2D eigenvalue weighted by Crippen LogP contribution is 2.39. The summed E-state index contributed by atoms with van der Waals surface area (Å²) in [5.41, 5.74) is 3.20. The Balaban J connectivity index is 1.35. The molecule has 0 unspecified atom stereocenters. The molecule has 34 heavy (non-hydrogen) atoms. The Bertz CT molecular complexity index is 1240. The molecule has 0 bridgehead atoms. The normalized spacial score (nSPS) is 11.1. The van der Waals surface area contributed by atoms with Crippen LogP contribution in [0.1, 0.15) is 5.56 Å². The first-order chi connectivity index (χ1) is 16.5. The van der Waals surface area contributed by atoms with Crippen LogP contribution in [0.5, 0.6) is 0 Å². The third-order valence-electron chi connectivity index (χ3n) is 5.23. The largest absolute Gasteiger partial charge is 0.436 e. The van der Waals surface area contributed by atoms with Crippen LogP contribution in [-0.2, 0) is 6.42 Å². The van der Waals surface area contributed by atoms with E-state index in [1.54, 1.807) is 0 Å². The van der Waals surface area contributed by atoms with E-state index in [1.165, 1.54) is 6.33 Å². The molecule has 0 saturated heterocycles. The van der Waals surface area contributed by atoms with Gasteiger partial charge < -0.3 is 25.3 Å². The monoisotopic (exact) mass is 478 g/mol. The van der Waals surface area contributed by atoms with Gasteiger partial charge in [-0.3, -0.25) is 0 Å². The Morgan fingerprint density at radius 3 is 2.53 bits per heavy atom. The maximum atomic E-state index is 12.0. The van der Waals surface area contributed by atoms with Gasteiger partial charge in [0.25, 0.3) is 0 Å². The van der Waals surface area contributed by atoms with Gasteiger partial charge in [-0.05, 0) is 38.2 Å². The molecule has 0 aliphatic rings. The second-order valence-corrected chi connectivity index (χ2v) is 8.45. The van der Waals surface area contributed by atoms with Crippen LogP contribution in [0.3, 0.4) is 0 Å². The summed E-state index contributed by atoms with van der Waals surface area (Å²) in [6.45, 7) is 2.02. The lowest BCUT2D eigenvalue weighted by Crippen LogP contribution is -2.34. The number of halogens is 1. The van der Waals surface area contributed by atoms with Crippen molar-refractivity contribution in [3.63, 3.8) is 0 Å². The lowest BCUT2D eigenvalue weighted by Gasteiger charge is -2.11. The minimum atomic E-state index is -0.212. The fourth-order valence-electron chi connectivity index (χ4n) is 3.46. The number of hydrogen-bond donors (Lipinski definition) is 3. The lowest BCUT2D eigenvalue weighted by molar-refractivity contribution is 0.250. The Morgan fingerprint density at radius 2 is 1.79 bits per heavy atom. The van der Waals surface area contributed by atoms with Gasteiger partial charge in [-0.15, -0.1) is 0 Å². The lowest BCUT2D eigenvalue weighted by atomic mass is 10.1. The van der Waals surface area contributed by atoms with Crippen molar-refractivity contribution in [1.82, 2.24) is 20.2 Å². The number of anilines is 2. The van der Waals surface area contributed by atoms with Crippen molar-refractivity contribution in [2.45, 2.75) is 6.42 Å². The molecule has 4 rings (SSSR count). The molecule has 0 saturated carbocycles. The van der Waals surface area contributed by atoms with Gasteiger partial charge >= 0.3 is 6.03 Å². The summed E-state index contributed by atoms with van der Waals surface area (Å²) in [6, 6.07) is 17.2. The van der Waals surface area contributed by atoms with Crippen molar-refractivity contribution in [2.75, 3.05) is 44.4 Å². The molecular formula is C25H27ClN6O2. The van der Waals surface area contributed by atoms with Gasteiger partial charge in [-0.1, -0.05) is 54.1 Å². The number of carbonyl (C=O) groups is 1. The predicted molar refractivity (Wildman–Crippen MR) is 136 cm³/mol. The standard InChI is InChI=1S/C25H27ClN6O2/c1-32(2)15-14-28-25(33)31-19-10-8-17(9-11-19)12-13-27-23-20-21(26)22(18-6-4-3-5-7-18)34-24(20)30-16-29-23/h3-11,16H,12-15H2,1-2H3,(H,27,29,30)(H2,28,31,33). The maximum absolute atomic E-state index is 12.0. The SMILES string of the molecule is CN(C)CCNC(=O)Nc1ccc(CCNc2ncnc3oc(-c4ccccc4)c(Cl)c23)cc1. The van der Waals surface area contributed by atoms with Crippen LogP contribution < -0.4 is 16.0 Å². The van der Waals surface area contributed by atoms with Gasteiger partial charge in [-0.2, -0.15) is 0 Å². The topological polar surface area (TPSA) is 95.3 Å². The van der Waals surface area contributed by atoms with E-state index in [0.29, 0.717) is 40.8 Å². The van der Waals surface area contributed by atoms with Gasteiger partial charge in [0.15, 0.2) is 5.76 Å². The molecule has 2 aromatic heterocycles. The summed E-state index contributed by atoms with van der Waals surface area (Å²) in [6.07, 6.45) is 2.23. The van der Waals surface area contributed by atoms with E-state index in [1.807, 2.05) is 73.6 Å². The van der Waals surface area contributed by atoms with Crippen LogP contribution in [0.2, 0.25) is 5.02 Å². The zero-order chi connectivity index (χ0) is 23.9. The summed E-state index contributed by atoms with van der Waals surface area (Å²) < 4.78 is 5.91. The van der Waals surface area contributed by atoms with Crippen LogP contribution in [0, 0.1) is 0 Å². The average Bonchev–Trinajstić information content (AvgIpc) is 3.18. The summed E-state index contributed by atoms with van der Waals surface area (Å²) in [5.74, 6) is 1.21.